The lowest BCUT2D eigenvalue weighted by molar-refractivity contribution is 0.170. The van der Waals surface area contributed by atoms with E-state index in [1.165, 1.54) is 0 Å². The van der Waals surface area contributed by atoms with Gasteiger partial charge in [0.05, 0.1) is 4.90 Å². The molecule has 1 aromatic carbocycles. The second kappa shape index (κ2) is 5.84. The molecule has 0 bridgehead atoms. The van der Waals surface area contributed by atoms with Gasteiger partial charge in [-0.1, -0.05) is 26.0 Å². The van der Waals surface area contributed by atoms with Crippen molar-refractivity contribution in [2.75, 3.05) is 26.7 Å². The number of hydrogen-bond acceptors (Lipinski definition) is 3. The molecule has 1 fully saturated rings. The van der Waals surface area contributed by atoms with Crippen LogP contribution in [0, 0.1) is 0 Å². The second-order valence-electron chi connectivity index (χ2n) is 5.95. The molecule has 1 unspecified atom stereocenters. The van der Waals surface area contributed by atoms with Crippen LogP contribution in [0.4, 0.5) is 0 Å². The van der Waals surface area contributed by atoms with Gasteiger partial charge in [-0.2, -0.15) is 4.31 Å². The van der Waals surface area contributed by atoms with Crippen LogP contribution >= 0.6 is 0 Å². The molecule has 0 aromatic heterocycles. The van der Waals surface area contributed by atoms with E-state index in [0.717, 1.165) is 18.7 Å². The molecule has 1 aromatic rings. The van der Waals surface area contributed by atoms with E-state index in [9.17, 15) is 8.42 Å². The molecule has 0 aliphatic carbocycles. The quantitative estimate of drug-likeness (QED) is 0.858. The summed E-state index contributed by atoms with van der Waals surface area (Å²) in [5.41, 5.74) is 1.16. The molecular weight excluding hydrogens is 272 g/mol. The number of benzene rings is 1. The van der Waals surface area contributed by atoms with E-state index in [1.54, 1.807) is 16.4 Å². The molecule has 0 saturated carbocycles. The maximum atomic E-state index is 12.7. The first kappa shape index (κ1) is 15.5. The van der Waals surface area contributed by atoms with Crippen LogP contribution in [-0.4, -0.2) is 50.3 Å². The fourth-order valence-electron chi connectivity index (χ4n) is 2.64. The van der Waals surface area contributed by atoms with Crippen LogP contribution in [-0.2, 0) is 10.0 Å². The van der Waals surface area contributed by atoms with E-state index >= 15 is 0 Å². The molecule has 1 aliphatic heterocycles. The zero-order valence-corrected chi connectivity index (χ0v) is 13.5. The van der Waals surface area contributed by atoms with Gasteiger partial charge in [0.2, 0.25) is 10.0 Å². The van der Waals surface area contributed by atoms with Gasteiger partial charge in [0.15, 0.2) is 0 Å². The Balaban J connectivity index is 2.26. The summed E-state index contributed by atoms with van der Waals surface area (Å²) in [6, 6.07) is 7.31. The van der Waals surface area contributed by atoms with Gasteiger partial charge >= 0.3 is 0 Å². The third kappa shape index (κ3) is 3.05. The van der Waals surface area contributed by atoms with Gasteiger partial charge in [0, 0.05) is 25.7 Å². The van der Waals surface area contributed by atoms with Crippen LogP contribution in [0.15, 0.2) is 29.2 Å². The van der Waals surface area contributed by atoms with Gasteiger partial charge in [-0.05, 0) is 37.6 Å². The van der Waals surface area contributed by atoms with E-state index in [-0.39, 0.29) is 6.04 Å². The molecule has 5 heteroatoms. The lowest BCUT2D eigenvalue weighted by Gasteiger charge is -2.37. The van der Waals surface area contributed by atoms with E-state index in [2.05, 4.69) is 18.7 Å². The molecule has 0 radical (unpaired) electrons. The van der Waals surface area contributed by atoms with Crippen LogP contribution in [0.1, 0.15) is 32.3 Å². The highest BCUT2D eigenvalue weighted by molar-refractivity contribution is 7.89. The number of sulfonamides is 1. The maximum absolute atomic E-state index is 12.7. The summed E-state index contributed by atoms with van der Waals surface area (Å²) in [6.07, 6.45) is 0. The van der Waals surface area contributed by atoms with Gasteiger partial charge in [-0.3, -0.25) is 0 Å². The molecule has 1 heterocycles. The first-order valence-corrected chi connectivity index (χ1v) is 8.56. The predicted molar refractivity (Wildman–Crippen MR) is 81.4 cm³/mol. The first-order chi connectivity index (χ1) is 9.32. The normalized spacial score (nSPS) is 22.4. The number of likely N-dealkylation sites (N-methyl/N-ethyl adjacent to an activating group) is 1. The Labute approximate surface area is 122 Å². The molecule has 0 spiro atoms. The maximum Gasteiger partial charge on any atom is 0.243 e. The van der Waals surface area contributed by atoms with Crippen molar-refractivity contribution < 1.29 is 8.42 Å². The van der Waals surface area contributed by atoms with Gasteiger partial charge in [0.1, 0.15) is 0 Å². The summed E-state index contributed by atoms with van der Waals surface area (Å²) in [4.78, 5) is 2.57. The Morgan fingerprint density at radius 2 is 1.75 bits per heavy atom. The lowest BCUT2D eigenvalue weighted by atomic mass is 10.0. The Hall–Kier alpha value is -0.910. The average Bonchev–Trinajstić information content (AvgIpc) is 2.38. The predicted octanol–water partition coefficient (Wildman–Crippen LogP) is 2.13. The van der Waals surface area contributed by atoms with Crippen molar-refractivity contribution in [3.63, 3.8) is 0 Å². The zero-order chi connectivity index (χ0) is 14.9. The molecule has 20 heavy (non-hydrogen) atoms. The van der Waals surface area contributed by atoms with Gasteiger partial charge < -0.3 is 4.90 Å². The average molecular weight is 296 g/mol. The summed E-state index contributed by atoms with van der Waals surface area (Å²) in [7, 11) is -1.34. The topological polar surface area (TPSA) is 40.6 Å². The summed E-state index contributed by atoms with van der Waals surface area (Å²) in [5, 5.41) is 0. The molecule has 112 valence electrons. The van der Waals surface area contributed by atoms with Crippen molar-refractivity contribution in [2.45, 2.75) is 37.6 Å². The van der Waals surface area contributed by atoms with Crippen molar-refractivity contribution in [1.82, 2.24) is 9.21 Å². The van der Waals surface area contributed by atoms with Crippen molar-refractivity contribution in [2.24, 2.45) is 0 Å². The van der Waals surface area contributed by atoms with Crippen molar-refractivity contribution in [1.29, 1.82) is 0 Å². The largest absolute Gasteiger partial charge is 0.303 e. The number of hydrogen-bond donors (Lipinski definition) is 0. The minimum atomic E-state index is -3.37. The zero-order valence-electron chi connectivity index (χ0n) is 12.7. The van der Waals surface area contributed by atoms with Crippen molar-refractivity contribution >= 4 is 10.0 Å². The van der Waals surface area contributed by atoms with Gasteiger partial charge in [-0.25, -0.2) is 8.42 Å². The Morgan fingerprint density at radius 3 is 2.25 bits per heavy atom. The lowest BCUT2D eigenvalue weighted by Crippen LogP contribution is -2.52. The summed E-state index contributed by atoms with van der Waals surface area (Å²) < 4.78 is 27.0. The fourth-order valence-corrected chi connectivity index (χ4v) is 4.25. The molecular formula is C15H24N2O2S. The molecule has 1 saturated heterocycles. The van der Waals surface area contributed by atoms with Gasteiger partial charge in [0.25, 0.3) is 0 Å². The highest BCUT2D eigenvalue weighted by atomic mass is 32.2. The van der Waals surface area contributed by atoms with Crippen LogP contribution in [0.5, 0.6) is 0 Å². The minimum absolute atomic E-state index is 0.0172. The highest BCUT2D eigenvalue weighted by Gasteiger charge is 2.32. The van der Waals surface area contributed by atoms with Crippen LogP contribution in [0.2, 0.25) is 0 Å². The molecule has 1 aliphatic rings. The molecule has 0 amide bonds. The van der Waals surface area contributed by atoms with Crippen molar-refractivity contribution in [3.8, 4) is 0 Å². The smallest absolute Gasteiger partial charge is 0.243 e. The Kier molecular flexibility index (Phi) is 4.52. The summed E-state index contributed by atoms with van der Waals surface area (Å²) >= 11 is 0. The van der Waals surface area contributed by atoms with Crippen molar-refractivity contribution in [3.05, 3.63) is 29.8 Å². The van der Waals surface area contributed by atoms with Gasteiger partial charge in [-0.15, -0.1) is 0 Å². The first-order valence-electron chi connectivity index (χ1n) is 7.12. The van der Waals surface area contributed by atoms with E-state index < -0.39 is 10.0 Å². The monoisotopic (exact) mass is 296 g/mol. The van der Waals surface area contributed by atoms with E-state index in [4.69, 9.17) is 0 Å². The second-order valence-corrected chi connectivity index (χ2v) is 7.84. The molecule has 1 atom stereocenters. The number of rotatable bonds is 3. The van der Waals surface area contributed by atoms with Crippen LogP contribution in [0.25, 0.3) is 0 Å². The molecule has 0 N–H and O–H groups in total. The highest BCUT2D eigenvalue weighted by Crippen LogP contribution is 2.23. The number of piperazine rings is 1. The van der Waals surface area contributed by atoms with Crippen LogP contribution in [0.3, 0.4) is 0 Å². The van der Waals surface area contributed by atoms with E-state index in [0.29, 0.717) is 17.4 Å². The SMILES string of the molecule is CC(C)c1ccc(S(=O)(=O)N2CCN(C)CC2C)cc1. The molecule has 4 nitrogen and oxygen atoms in total. The molecule has 2 rings (SSSR count). The summed E-state index contributed by atoms with van der Waals surface area (Å²) in [6.45, 7) is 8.30. The number of nitrogens with zero attached hydrogens (tertiary/aromatic N) is 2. The van der Waals surface area contributed by atoms with Crippen LogP contribution < -0.4 is 0 Å². The van der Waals surface area contributed by atoms with E-state index in [1.807, 2.05) is 26.1 Å². The fraction of sp³-hybridized carbons (Fsp3) is 0.600. The third-order valence-corrected chi connectivity index (χ3v) is 5.95. The Morgan fingerprint density at radius 1 is 1.15 bits per heavy atom. The Bertz CT molecular complexity index is 552. The summed E-state index contributed by atoms with van der Waals surface area (Å²) in [5.74, 6) is 0.411. The third-order valence-electron chi connectivity index (χ3n) is 3.92. The minimum Gasteiger partial charge on any atom is -0.303 e. The standard InChI is InChI=1S/C15H24N2O2S/c1-12(2)14-5-7-15(8-6-14)20(18,19)17-10-9-16(4)11-13(17)3/h5-8,12-13H,9-11H2,1-4H3.